The summed E-state index contributed by atoms with van der Waals surface area (Å²) in [6.07, 6.45) is 2.93. The van der Waals surface area contributed by atoms with Gasteiger partial charge in [-0.3, -0.25) is 4.79 Å². The van der Waals surface area contributed by atoms with Crippen LogP contribution < -0.4 is 5.32 Å². The number of likely N-dealkylation sites (tertiary alicyclic amines) is 1. The number of rotatable bonds is 7. The van der Waals surface area contributed by atoms with Crippen molar-refractivity contribution in [3.63, 3.8) is 0 Å². The van der Waals surface area contributed by atoms with Crippen molar-refractivity contribution in [3.8, 4) is 0 Å². The minimum absolute atomic E-state index is 0.169. The van der Waals surface area contributed by atoms with Gasteiger partial charge in [0.2, 0.25) is 0 Å². The van der Waals surface area contributed by atoms with Crippen molar-refractivity contribution < 1.29 is 19.4 Å². The van der Waals surface area contributed by atoms with Crippen LogP contribution in [-0.2, 0) is 9.53 Å². The lowest BCUT2D eigenvalue weighted by molar-refractivity contribution is -0.149. The molecule has 0 aromatic rings. The normalized spacial score (nSPS) is 16.8. The molecule has 0 spiro atoms. The van der Waals surface area contributed by atoms with Crippen molar-refractivity contribution in [3.05, 3.63) is 0 Å². The first-order valence-corrected chi connectivity index (χ1v) is 7.86. The van der Waals surface area contributed by atoms with Crippen LogP contribution in [0, 0.1) is 5.41 Å². The van der Waals surface area contributed by atoms with Crippen LogP contribution in [-0.4, -0.2) is 54.4 Å². The zero-order valence-electron chi connectivity index (χ0n) is 13.4. The molecule has 0 aromatic heterocycles. The molecule has 1 saturated heterocycles. The van der Waals surface area contributed by atoms with E-state index in [1.807, 2.05) is 20.8 Å². The molecule has 0 bridgehead atoms. The first-order chi connectivity index (χ1) is 9.99. The lowest BCUT2D eigenvalue weighted by Crippen LogP contribution is -2.50. The molecular formula is C15H28N2O4. The second-order valence-corrected chi connectivity index (χ2v) is 5.59. The predicted octanol–water partition coefficient (Wildman–Crippen LogP) is 2.09. The number of carboxylic acid groups (broad SMARTS) is 1. The Morgan fingerprint density at radius 2 is 1.81 bits per heavy atom. The van der Waals surface area contributed by atoms with Gasteiger partial charge in [-0.15, -0.1) is 0 Å². The van der Waals surface area contributed by atoms with Gasteiger partial charge >= 0.3 is 12.0 Å². The fourth-order valence-electron chi connectivity index (χ4n) is 2.70. The molecule has 2 N–H and O–H groups in total. The van der Waals surface area contributed by atoms with Crippen LogP contribution in [0.2, 0.25) is 0 Å². The summed E-state index contributed by atoms with van der Waals surface area (Å²) in [5, 5.41) is 12.1. The van der Waals surface area contributed by atoms with Crippen LogP contribution in [0.1, 0.15) is 46.5 Å². The first kappa shape index (κ1) is 17.8. The monoisotopic (exact) mass is 300 g/mol. The van der Waals surface area contributed by atoms with Gasteiger partial charge in [-0.05, 0) is 32.6 Å². The summed E-state index contributed by atoms with van der Waals surface area (Å²) < 4.78 is 5.56. The predicted molar refractivity (Wildman–Crippen MR) is 80.3 cm³/mol. The van der Waals surface area contributed by atoms with Crippen molar-refractivity contribution in [2.24, 2.45) is 5.41 Å². The summed E-state index contributed by atoms with van der Waals surface area (Å²) in [5.74, 6) is -0.845. The van der Waals surface area contributed by atoms with E-state index in [4.69, 9.17) is 4.74 Å². The topological polar surface area (TPSA) is 78.9 Å². The highest BCUT2D eigenvalue weighted by molar-refractivity contribution is 5.78. The number of urea groups is 1. The van der Waals surface area contributed by atoms with E-state index in [2.05, 4.69) is 5.32 Å². The number of carboxylic acids is 1. The maximum atomic E-state index is 12.1. The standard InChI is InChI=1S/C15H28N2O4/c1-4-15(5-2,13(18)19)11-16-14(20)17-9-7-12(8-10-17)21-6-3/h12H,4-11H2,1-3H3,(H,16,20)(H,18,19). The Kier molecular flexibility index (Phi) is 6.95. The third-order valence-corrected chi connectivity index (χ3v) is 4.52. The Labute approximate surface area is 126 Å². The van der Waals surface area contributed by atoms with Crippen molar-refractivity contribution in [2.75, 3.05) is 26.2 Å². The van der Waals surface area contributed by atoms with Crippen molar-refractivity contribution in [1.29, 1.82) is 0 Å². The highest BCUT2D eigenvalue weighted by Crippen LogP contribution is 2.25. The van der Waals surface area contributed by atoms with E-state index in [0.29, 0.717) is 32.5 Å². The van der Waals surface area contributed by atoms with Gasteiger partial charge in [-0.2, -0.15) is 0 Å². The molecule has 0 aromatic carbocycles. The zero-order chi connectivity index (χ0) is 15.9. The van der Waals surface area contributed by atoms with Gasteiger partial charge < -0.3 is 20.1 Å². The Hall–Kier alpha value is -1.30. The first-order valence-electron chi connectivity index (χ1n) is 7.86. The van der Waals surface area contributed by atoms with Crippen molar-refractivity contribution >= 4 is 12.0 Å². The summed E-state index contributed by atoms with van der Waals surface area (Å²) in [5.41, 5.74) is -0.862. The van der Waals surface area contributed by atoms with E-state index < -0.39 is 11.4 Å². The van der Waals surface area contributed by atoms with Gasteiger partial charge in [0.1, 0.15) is 0 Å². The fraction of sp³-hybridized carbons (Fsp3) is 0.867. The molecule has 1 fully saturated rings. The van der Waals surface area contributed by atoms with Gasteiger partial charge in [0.15, 0.2) is 0 Å². The summed E-state index contributed by atoms with van der Waals surface area (Å²) in [4.78, 5) is 25.3. The molecule has 0 unspecified atom stereocenters. The smallest absolute Gasteiger partial charge is 0.317 e. The molecule has 6 heteroatoms. The molecule has 1 aliphatic heterocycles. The molecule has 0 aliphatic carbocycles. The van der Waals surface area contributed by atoms with Gasteiger partial charge in [0, 0.05) is 26.2 Å². The lowest BCUT2D eigenvalue weighted by atomic mass is 9.82. The highest BCUT2D eigenvalue weighted by Gasteiger charge is 2.35. The Bertz CT molecular complexity index is 348. The second-order valence-electron chi connectivity index (χ2n) is 5.59. The zero-order valence-corrected chi connectivity index (χ0v) is 13.4. The van der Waals surface area contributed by atoms with E-state index in [0.717, 1.165) is 12.8 Å². The highest BCUT2D eigenvalue weighted by atomic mass is 16.5. The molecule has 1 heterocycles. The number of nitrogens with zero attached hydrogens (tertiary/aromatic N) is 1. The number of nitrogens with one attached hydrogen (secondary N) is 1. The van der Waals surface area contributed by atoms with E-state index in [9.17, 15) is 14.7 Å². The quantitative estimate of drug-likeness (QED) is 0.754. The van der Waals surface area contributed by atoms with Crippen LogP contribution >= 0.6 is 0 Å². The minimum Gasteiger partial charge on any atom is -0.481 e. The summed E-state index contributed by atoms with van der Waals surface area (Å²) in [6, 6.07) is -0.169. The van der Waals surface area contributed by atoms with E-state index in [1.54, 1.807) is 4.90 Å². The number of carbonyl (C=O) groups is 2. The van der Waals surface area contributed by atoms with E-state index >= 15 is 0 Å². The number of amides is 2. The lowest BCUT2D eigenvalue weighted by Gasteiger charge is -2.33. The summed E-state index contributed by atoms with van der Waals surface area (Å²) in [6.45, 7) is 7.86. The molecule has 0 radical (unpaired) electrons. The average Bonchev–Trinajstić information content (AvgIpc) is 2.49. The Balaban J connectivity index is 2.45. The molecular weight excluding hydrogens is 272 g/mol. The molecule has 21 heavy (non-hydrogen) atoms. The summed E-state index contributed by atoms with van der Waals surface area (Å²) >= 11 is 0. The Morgan fingerprint density at radius 1 is 1.24 bits per heavy atom. The maximum absolute atomic E-state index is 12.1. The largest absolute Gasteiger partial charge is 0.481 e. The number of piperidine rings is 1. The van der Waals surface area contributed by atoms with Gasteiger partial charge in [0.05, 0.1) is 11.5 Å². The molecule has 0 saturated carbocycles. The van der Waals surface area contributed by atoms with Crippen LogP contribution in [0.25, 0.3) is 0 Å². The van der Waals surface area contributed by atoms with Crippen LogP contribution in [0.4, 0.5) is 4.79 Å². The van der Waals surface area contributed by atoms with Crippen molar-refractivity contribution in [2.45, 2.75) is 52.6 Å². The SMILES string of the molecule is CCOC1CCN(C(=O)NCC(CC)(CC)C(=O)O)CC1. The number of hydrogen-bond acceptors (Lipinski definition) is 3. The molecule has 1 aliphatic rings. The molecule has 1 rings (SSSR count). The van der Waals surface area contributed by atoms with Gasteiger partial charge in [0.25, 0.3) is 0 Å². The molecule has 6 nitrogen and oxygen atoms in total. The van der Waals surface area contributed by atoms with E-state index in [-0.39, 0.29) is 18.7 Å². The van der Waals surface area contributed by atoms with Crippen LogP contribution in [0.5, 0.6) is 0 Å². The molecule has 122 valence electrons. The Morgan fingerprint density at radius 3 is 2.24 bits per heavy atom. The number of hydrogen-bond donors (Lipinski definition) is 2. The number of aliphatic carboxylic acids is 1. The summed E-state index contributed by atoms with van der Waals surface area (Å²) in [7, 11) is 0. The molecule has 2 amide bonds. The van der Waals surface area contributed by atoms with Gasteiger partial charge in [-0.25, -0.2) is 4.79 Å². The second kappa shape index (κ2) is 8.22. The van der Waals surface area contributed by atoms with Crippen molar-refractivity contribution in [1.82, 2.24) is 10.2 Å². The third-order valence-electron chi connectivity index (χ3n) is 4.52. The van der Waals surface area contributed by atoms with Gasteiger partial charge in [-0.1, -0.05) is 13.8 Å². The number of carbonyl (C=O) groups excluding carboxylic acids is 1. The maximum Gasteiger partial charge on any atom is 0.317 e. The van der Waals surface area contributed by atoms with Crippen LogP contribution in [0.15, 0.2) is 0 Å². The molecule has 0 atom stereocenters. The van der Waals surface area contributed by atoms with E-state index in [1.165, 1.54) is 0 Å². The minimum atomic E-state index is -0.862. The average molecular weight is 300 g/mol. The number of ether oxygens (including phenoxy) is 1. The third kappa shape index (κ3) is 4.59. The fourth-order valence-corrected chi connectivity index (χ4v) is 2.70. The van der Waals surface area contributed by atoms with Crippen LogP contribution in [0.3, 0.4) is 0 Å².